The van der Waals surface area contributed by atoms with Crippen LogP contribution in [-0.4, -0.2) is 35.7 Å². The maximum atomic E-state index is 12.0. The van der Waals surface area contributed by atoms with Crippen LogP contribution < -0.4 is 10.6 Å². The lowest BCUT2D eigenvalue weighted by atomic mass is 9.82. The molecular formula is C12H22N2O2. The molecular weight excluding hydrogens is 204 g/mol. The third-order valence-electron chi connectivity index (χ3n) is 3.88. The minimum atomic E-state index is -0.334. The Kier molecular flexibility index (Phi) is 3.82. The fraction of sp³-hybridized carbons (Fsp3) is 0.917. The first kappa shape index (κ1) is 11.9. The van der Waals surface area contributed by atoms with Gasteiger partial charge in [0, 0.05) is 0 Å². The highest BCUT2D eigenvalue weighted by Crippen LogP contribution is 2.28. The normalized spacial score (nSPS) is 28.9. The highest BCUT2D eigenvalue weighted by molar-refractivity contribution is 5.82. The van der Waals surface area contributed by atoms with E-state index >= 15 is 0 Å². The summed E-state index contributed by atoms with van der Waals surface area (Å²) in [5.41, 5.74) is -0.334. The van der Waals surface area contributed by atoms with Crippen LogP contribution in [0.15, 0.2) is 0 Å². The Morgan fingerprint density at radius 2 is 2.06 bits per heavy atom. The average molecular weight is 226 g/mol. The van der Waals surface area contributed by atoms with Gasteiger partial charge in [-0.25, -0.2) is 0 Å². The van der Waals surface area contributed by atoms with E-state index in [1.165, 1.54) is 6.42 Å². The zero-order chi connectivity index (χ0) is 11.4. The molecule has 2 aliphatic rings. The second kappa shape index (κ2) is 5.15. The van der Waals surface area contributed by atoms with Gasteiger partial charge < -0.3 is 15.7 Å². The molecule has 1 amide bonds. The number of carbonyl (C=O) groups excluding carboxylic acids is 1. The van der Waals surface area contributed by atoms with Gasteiger partial charge in [-0.3, -0.25) is 4.79 Å². The molecule has 0 radical (unpaired) electrons. The molecule has 0 spiro atoms. The van der Waals surface area contributed by atoms with E-state index in [-0.39, 0.29) is 24.1 Å². The number of hydrogen-bond acceptors (Lipinski definition) is 3. The molecule has 16 heavy (non-hydrogen) atoms. The number of carbonyl (C=O) groups is 1. The summed E-state index contributed by atoms with van der Waals surface area (Å²) in [7, 11) is 0. The van der Waals surface area contributed by atoms with Crippen LogP contribution in [0.2, 0.25) is 0 Å². The highest BCUT2D eigenvalue weighted by atomic mass is 16.3. The Hall–Kier alpha value is -0.610. The predicted molar refractivity (Wildman–Crippen MR) is 62.1 cm³/mol. The van der Waals surface area contributed by atoms with Gasteiger partial charge in [0.15, 0.2) is 0 Å². The molecule has 0 aromatic carbocycles. The first-order valence-electron chi connectivity index (χ1n) is 6.42. The van der Waals surface area contributed by atoms with Crippen molar-refractivity contribution < 1.29 is 9.90 Å². The van der Waals surface area contributed by atoms with Crippen molar-refractivity contribution in [2.24, 2.45) is 0 Å². The molecule has 1 saturated carbocycles. The highest BCUT2D eigenvalue weighted by Gasteiger charge is 2.35. The number of aliphatic hydroxyl groups is 1. The Balaban J connectivity index is 1.91. The van der Waals surface area contributed by atoms with Gasteiger partial charge in [-0.2, -0.15) is 0 Å². The maximum absolute atomic E-state index is 12.0. The van der Waals surface area contributed by atoms with Crippen LogP contribution in [0, 0.1) is 0 Å². The van der Waals surface area contributed by atoms with Crippen molar-refractivity contribution in [3.63, 3.8) is 0 Å². The number of amides is 1. The van der Waals surface area contributed by atoms with E-state index in [9.17, 15) is 9.90 Å². The smallest absolute Gasteiger partial charge is 0.237 e. The van der Waals surface area contributed by atoms with Gasteiger partial charge in [0.1, 0.15) is 0 Å². The van der Waals surface area contributed by atoms with Crippen molar-refractivity contribution in [2.75, 3.05) is 13.2 Å². The first-order chi connectivity index (χ1) is 7.76. The minimum Gasteiger partial charge on any atom is -0.394 e. The molecule has 0 unspecified atom stereocenters. The van der Waals surface area contributed by atoms with Crippen LogP contribution in [-0.2, 0) is 4.79 Å². The molecule has 0 bridgehead atoms. The summed E-state index contributed by atoms with van der Waals surface area (Å²) in [6, 6.07) is -0.0367. The van der Waals surface area contributed by atoms with Crippen molar-refractivity contribution in [1.29, 1.82) is 0 Å². The van der Waals surface area contributed by atoms with E-state index in [0.717, 1.165) is 45.1 Å². The summed E-state index contributed by atoms with van der Waals surface area (Å²) in [6.45, 7) is 1.01. The van der Waals surface area contributed by atoms with Gasteiger partial charge in [0.05, 0.1) is 18.2 Å². The number of nitrogens with one attached hydrogen (secondary N) is 2. The zero-order valence-corrected chi connectivity index (χ0v) is 9.80. The van der Waals surface area contributed by atoms with E-state index in [1.807, 2.05) is 0 Å². The molecule has 1 aliphatic heterocycles. The minimum absolute atomic E-state index is 0.0367. The van der Waals surface area contributed by atoms with Crippen LogP contribution in [0.3, 0.4) is 0 Å². The van der Waals surface area contributed by atoms with E-state index in [2.05, 4.69) is 10.6 Å². The predicted octanol–water partition coefficient (Wildman–Crippen LogP) is 0.550. The Bertz CT molecular complexity index is 243. The molecule has 2 fully saturated rings. The molecule has 4 nitrogen and oxygen atoms in total. The van der Waals surface area contributed by atoms with Crippen molar-refractivity contribution in [3.8, 4) is 0 Å². The Morgan fingerprint density at radius 3 is 2.62 bits per heavy atom. The van der Waals surface area contributed by atoms with Crippen LogP contribution in [0.5, 0.6) is 0 Å². The van der Waals surface area contributed by atoms with E-state index in [0.29, 0.717) is 0 Å². The van der Waals surface area contributed by atoms with Crippen LogP contribution >= 0.6 is 0 Å². The van der Waals surface area contributed by atoms with E-state index < -0.39 is 0 Å². The largest absolute Gasteiger partial charge is 0.394 e. The van der Waals surface area contributed by atoms with Crippen LogP contribution in [0.4, 0.5) is 0 Å². The van der Waals surface area contributed by atoms with Crippen molar-refractivity contribution in [1.82, 2.24) is 10.6 Å². The van der Waals surface area contributed by atoms with Gasteiger partial charge in [-0.15, -0.1) is 0 Å². The second-order valence-corrected chi connectivity index (χ2v) is 5.14. The summed E-state index contributed by atoms with van der Waals surface area (Å²) in [5, 5.41) is 15.8. The molecule has 2 rings (SSSR count). The van der Waals surface area contributed by atoms with Crippen molar-refractivity contribution >= 4 is 5.91 Å². The number of hydrogen-bond donors (Lipinski definition) is 3. The molecule has 92 valence electrons. The van der Waals surface area contributed by atoms with Crippen LogP contribution in [0.1, 0.15) is 44.9 Å². The van der Waals surface area contributed by atoms with Gasteiger partial charge in [0.25, 0.3) is 0 Å². The SMILES string of the molecule is O=C(NC1(CO)CCCCC1)[C@@H]1CCCN1. The topological polar surface area (TPSA) is 61.4 Å². The summed E-state index contributed by atoms with van der Waals surface area (Å²) < 4.78 is 0. The van der Waals surface area contributed by atoms with E-state index in [1.54, 1.807) is 0 Å². The lowest BCUT2D eigenvalue weighted by Gasteiger charge is -2.37. The third-order valence-corrected chi connectivity index (χ3v) is 3.88. The molecule has 0 aromatic rings. The number of aliphatic hydroxyl groups excluding tert-OH is 1. The molecule has 1 aliphatic carbocycles. The van der Waals surface area contributed by atoms with Gasteiger partial charge >= 0.3 is 0 Å². The Morgan fingerprint density at radius 1 is 1.31 bits per heavy atom. The summed E-state index contributed by atoms with van der Waals surface area (Å²) in [5.74, 6) is 0.0773. The lowest BCUT2D eigenvalue weighted by molar-refractivity contribution is -0.125. The quantitative estimate of drug-likeness (QED) is 0.658. The van der Waals surface area contributed by atoms with Gasteiger partial charge in [-0.05, 0) is 32.2 Å². The zero-order valence-electron chi connectivity index (χ0n) is 9.80. The molecule has 1 heterocycles. The summed E-state index contributed by atoms with van der Waals surface area (Å²) >= 11 is 0. The first-order valence-corrected chi connectivity index (χ1v) is 6.42. The second-order valence-electron chi connectivity index (χ2n) is 5.14. The van der Waals surface area contributed by atoms with Crippen molar-refractivity contribution in [3.05, 3.63) is 0 Å². The van der Waals surface area contributed by atoms with Crippen LogP contribution in [0.25, 0.3) is 0 Å². The lowest BCUT2D eigenvalue weighted by Crippen LogP contribution is -2.56. The molecule has 1 saturated heterocycles. The molecule has 0 aromatic heterocycles. The summed E-state index contributed by atoms with van der Waals surface area (Å²) in [4.78, 5) is 12.0. The van der Waals surface area contributed by atoms with E-state index in [4.69, 9.17) is 0 Å². The monoisotopic (exact) mass is 226 g/mol. The fourth-order valence-electron chi connectivity index (χ4n) is 2.81. The third kappa shape index (κ3) is 2.55. The molecule has 1 atom stereocenters. The van der Waals surface area contributed by atoms with Gasteiger partial charge in [0.2, 0.25) is 5.91 Å². The number of rotatable bonds is 3. The average Bonchev–Trinajstić information content (AvgIpc) is 2.84. The summed E-state index contributed by atoms with van der Waals surface area (Å²) in [6.07, 6.45) is 7.28. The Labute approximate surface area is 96.8 Å². The van der Waals surface area contributed by atoms with Gasteiger partial charge in [-0.1, -0.05) is 19.3 Å². The fourth-order valence-corrected chi connectivity index (χ4v) is 2.81. The standard InChI is InChI=1S/C12H22N2O2/c15-9-12(6-2-1-3-7-12)14-11(16)10-5-4-8-13-10/h10,13,15H,1-9H2,(H,14,16)/t10-/m0/s1. The van der Waals surface area contributed by atoms with Crippen molar-refractivity contribution in [2.45, 2.75) is 56.5 Å². The molecule has 4 heteroatoms. The maximum Gasteiger partial charge on any atom is 0.237 e. The molecule has 3 N–H and O–H groups in total.